The predicted molar refractivity (Wildman–Crippen MR) is 70.1 cm³/mol. The molecule has 1 aliphatic heterocycles. The van der Waals surface area contributed by atoms with Crippen LogP contribution in [-0.2, 0) is 4.74 Å². The smallest absolute Gasteiger partial charge is 0.337 e. The number of ether oxygens (including phenoxy) is 1. The average Bonchev–Trinajstić information content (AvgIpc) is 2.41. The molecule has 104 valence electrons. The van der Waals surface area contributed by atoms with E-state index in [1.54, 1.807) is 0 Å². The molecule has 4 nitrogen and oxygen atoms in total. The molecule has 1 aromatic carbocycles. The van der Waals surface area contributed by atoms with Gasteiger partial charge in [-0.15, -0.1) is 0 Å². The van der Waals surface area contributed by atoms with Crippen molar-refractivity contribution in [3.8, 4) is 0 Å². The molecule has 1 fully saturated rings. The average molecular weight is 267 g/mol. The maximum absolute atomic E-state index is 13.6. The standard InChI is InChI=1S/C14H18FNO3/c15-12-6-3-5-11(14(17)18)13(12)16-8-7-10-4-1-2-9-19-10/h3,5-6,10,16H,1-2,4,7-9H2,(H,17,18). The number of aromatic carboxylic acids is 1. The first-order valence-electron chi connectivity index (χ1n) is 6.56. The lowest BCUT2D eigenvalue weighted by Gasteiger charge is -2.23. The Labute approximate surface area is 111 Å². The number of rotatable bonds is 5. The van der Waals surface area contributed by atoms with Gasteiger partial charge in [0.15, 0.2) is 0 Å². The lowest BCUT2D eigenvalue weighted by molar-refractivity contribution is 0.0134. The summed E-state index contributed by atoms with van der Waals surface area (Å²) in [6.07, 6.45) is 4.23. The lowest BCUT2D eigenvalue weighted by Crippen LogP contribution is -2.22. The molecule has 0 radical (unpaired) electrons. The number of hydrogen-bond acceptors (Lipinski definition) is 3. The van der Waals surface area contributed by atoms with Gasteiger partial charge in [0, 0.05) is 13.2 Å². The first-order chi connectivity index (χ1) is 9.18. The third-order valence-corrected chi connectivity index (χ3v) is 3.29. The zero-order chi connectivity index (χ0) is 13.7. The predicted octanol–water partition coefficient (Wildman–Crippen LogP) is 2.90. The molecular weight excluding hydrogens is 249 g/mol. The van der Waals surface area contributed by atoms with E-state index >= 15 is 0 Å². The summed E-state index contributed by atoms with van der Waals surface area (Å²) in [5.41, 5.74) is 0.0235. The summed E-state index contributed by atoms with van der Waals surface area (Å²) >= 11 is 0. The Balaban J connectivity index is 1.93. The number of hydrogen-bond donors (Lipinski definition) is 2. The molecule has 1 unspecified atom stereocenters. The van der Waals surface area contributed by atoms with Gasteiger partial charge in [-0.2, -0.15) is 0 Å². The van der Waals surface area contributed by atoms with Crippen LogP contribution in [0.5, 0.6) is 0 Å². The minimum atomic E-state index is -1.13. The number of halogens is 1. The quantitative estimate of drug-likeness (QED) is 0.861. The van der Waals surface area contributed by atoms with E-state index in [2.05, 4.69) is 5.32 Å². The minimum Gasteiger partial charge on any atom is -0.478 e. The van der Waals surface area contributed by atoms with Crippen LogP contribution in [0.25, 0.3) is 0 Å². The summed E-state index contributed by atoms with van der Waals surface area (Å²) < 4.78 is 19.2. The normalized spacial score (nSPS) is 19.1. The van der Waals surface area contributed by atoms with Gasteiger partial charge < -0.3 is 15.2 Å². The van der Waals surface area contributed by atoms with Crippen molar-refractivity contribution in [2.24, 2.45) is 0 Å². The van der Waals surface area contributed by atoms with Gasteiger partial charge in [0.1, 0.15) is 5.82 Å². The minimum absolute atomic E-state index is 0.0374. The SMILES string of the molecule is O=C(O)c1cccc(F)c1NCCC1CCCCO1. The Bertz CT molecular complexity index is 444. The molecule has 0 bridgehead atoms. The molecule has 0 aliphatic carbocycles. The van der Waals surface area contributed by atoms with Crippen LogP contribution in [0.3, 0.4) is 0 Å². The zero-order valence-electron chi connectivity index (χ0n) is 10.7. The van der Waals surface area contributed by atoms with E-state index in [1.165, 1.54) is 18.2 Å². The van der Waals surface area contributed by atoms with Crippen molar-refractivity contribution < 1.29 is 19.0 Å². The fourth-order valence-corrected chi connectivity index (χ4v) is 2.28. The fraction of sp³-hybridized carbons (Fsp3) is 0.500. The van der Waals surface area contributed by atoms with E-state index in [0.717, 1.165) is 32.3 Å². The van der Waals surface area contributed by atoms with Crippen LogP contribution < -0.4 is 5.32 Å². The molecule has 0 spiro atoms. The summed E-state index contributed by atoms with van der Waals surface area (Å²) in [6.45, 7) is 1.29. The molecule has 1 atom stereocenters. The Morgan fingerprint density at radius 2 is 2.32 bits per heavy atom. The molecule has 0 aromatic heterocycles. The van der Waals surface area contributed by atoms with Crippen molar-refractivity contribution in [3.05, 3.63) is 29.6 Å². The summed E-state index contributed by atoms with van der Waals surface area (Å²) in [6, 6.07) is 4.05. The van der Waals surface area contributed by atoms with E-state index in [1.807, 2.05) is 0 Å². The molecule has 1 aromatic rings. The number of para-hydroxylation sites is 1. The molecule has 5 heteroatoms. The second-order valence-corrected chi connectivity index (χ2v) is 4.67. The third-order valence-electron chi connectivity index (χ3n) is 3.29. The summed E-state index contributed by atoms with van der Waals surface area (Å²) in [7, 11) is 0. The highest BCUT2D eigenvalue weighted by Gasteiger charge is 2.16. The van der Waals surface area contributed by atoms with Gasteiger partial charge in [0.05, 0.1) is 17.4 Å². The first-order valence-corrected chi connectivity index (χ1v) is 6.56. The van der Waals surface area contributed by atoms with Gasteiger partial charge in [-0.3, -0.25) is 0 Å². The highest BCUT2D eigenvalue weighted by atomic mass is 19.1. The van der Waals surface area contributed by atoms with Gasteiger partial charge in [0.2, 0.25) is 0 Å². The van der Waals surface area contributed by atoms with Crippen molar-refractivity contribution in [3.63, 3.8) is 0 Å². The van der Waals surface area contributed by atoms with Crippen molar-refractivity contribution >= 4 is 11.7 Å². The Kier molecular flexibility index (Phi) is 4.74. The summed E-state index contributed by atoms with van der Waals surface area (Å²) in [5, 5.41) is 11.9. The largest absolute Gasteiger partial charge is 0.478 e. The molecular formula is C14H18FNO3. The van der Waals surface area contributed by atoms with Crippen LogP contribution in [0, 0.1) is 5.82 Å². The first kappa shape index (κ1) is 13.8. The van der Waals surface area contributed by atoms with Gasteiger partial charge in [-0.25, -0.2) is 9.18 Å². The topological polar surface area (TPSA) is 58.6 Å². The van der Waals surface area contributed by atoms with Crippen LogP contribution >= 0.6 is 0 Å². The maximum Gasteiger partial charge on any atom is 0.337 e. The van der Waals surface area contributed by atoms with Gasteiger partial charge >= 0.3 is 5.97 Å². The number of carboxylic acid groups (broad SMARTS) is 1. The van der Waals surface area contributed by atoms with Gasteiger partial charge in [-0.1, -0.05) is 6.07 Å². The number of benzene rings is 1. The monoisotopic (exact) mass is 267 g/mol. The summed E-state index contributed by atoms with van der Waals surface area (Å²) in [4.78, 5) is 11.0. The molecule has 2 rings (SSSR count). The number of nitrogens with one attached hydrogen (secondary N) is 1. The molecule has 0 saturated carbocycles. The number of carboxylic acids is 1. The molecule has 1 heterocycles. The van der Waals surface area contributed by atoms with Crippen LogP contribution in [-0.4, -0.2) is 30.3 Å². The van der Waals surface area contributed by atoms with E-state index in [-0.39, 0.29) is 17.4 Å². The summed E-state index contributed by atoms with van der Waals surface area (Å²) in [5.74, 6) is -1.67. The van der Waals surface area contributed by atoms with Gasteiger partial charge in [0.25, 0.3) is 0 Å². The molecule has 2 N–H and O–H groups in total. The van der Waals surface area contributed by atoms with Crippen molar-refractivity contribution in [1.29, 1.82) is 0 Å². The number of carbonyl (C=O) groups is 1. The Morgan fingerprint density at radius 3 is 3.00 bits per heavy atom. The van der Waals surface area contributed by atoms with Crippen molar-refractivity contribution in [2.45, 2.75) is 31.8 Å². The van der Waals surface area contributed by atoms with Crippen LogP contribution in [0.1, 0.15) is 36.0 Å². The second kappa shape index (κ2) is 6.52. The van der Waals surface area contributed by atoms with Crippen LogP contribution in [0.4, 0.5) is 10.1 Å². The molecule has 0 amide bonds. The lowest BCUT2D eigenvalue weighted by atomic mass is 10.1. The van der Waals surface area contributed by atoms with E-state index in [9.17, 15) is 9.18 Å². The van der Waals surface area contributed by atoms with E-state index in [0.29, 0.717) is 6.54 Å². The highest BCUT2D eigenvalue weighted by molar-refractivity contribution is 5.94. The third kappa shape index (κ3) is 3.67. The van der Waals surface area contributed by atoms with Crippen molar-refractivity contribution in [1.82, 2.24) is 0 Å². The van der Waals surface area contributed by atoms with Crippen molar-refractivity contribution in [2.75, 3.05) is 18.5 Å². The number of anilines is 1. The van der Waals surface area contributed by atoms with E-state index in [4.69, 9.17) is 9.84 Å². The van der Waals surface area contributed by atoms with Crippen LogP contribution in [0.15, 0.2) is 18.2 Å². The Hall–Kier alpha value is -1.62. The van der Waals surface area contributed by atoms with E-state index < -0.39 is 11.8 Å². The highest BCUT2D eigenvalue weighted by Crippen LogP contribution is 2.21. The Morgan fingerprint density at radius 1 is 1.47 bits per heavy atom. The zero-order valence-corrected chi connectivity index (χ0v) is 10.7. The van der Waals surface area contributed by atoms with Crippen LogP contribution in [0.2, 0.25) is 0 Å². The van der Waals surface area contributed by atoms with Gasteiger partial charge in [-0.05, 0) is 37.8 Å². The molecule has 1 aliphatic rings. The fourth-order valence-electron chi connectivity index (χ4n) is 2.28. The maximum atomic E-state index is 13.6. The second-order valence-electron chi connectivity index (χ2n) is 4.67. The molecule has 1 saturated heterocycles. The molecule has 19 heavy (non-hydrogen) atoms.